The van der Waals surface area contributed by atoms with Crippen molar-refractivity contribution in [2.24, 2.45) is 0 Å². The van der Waals surface area contributed by atoms with Gasteiger partial charge in [-0.25, -0.2) is 0 Å². The Morgan fingerprint density at radius 3 is 2.90 bits per heavy atom. The summed E-state index contributed by atoms with van der Waals surface area (Å²) in [5, 5.41) is 13.5. The molecule has 8 heteroatoms. The average molecular weight is 342 g/mol. The van der Waals surface area contributed by atoms with Crippen molar-refractivity contribution in [3.63, 3.8) is 0 Å². The van der Waals surface area contributed by atoms with Crippen LogP contribution < -0.4 is 5.32 Å². The van der Waals surface area contributed by atoms with Crippen LogP contribution in [0.5, 0.6) is 0 Å². The number of rotatable bonds is 2. The summed E-state index contributed by atoms with van der Waals surface area (Å²) < 4.78 is 0.309. The first kappa shape index (κ1) is 14.4. The maximum atomic E-state index is 12.3. The molecule has 1 atom stereocenters. The van der Waals surface area contributed by atoms with E-state index in [4.69, 9.17) is 0 Å². The predicted octanol–water partition coefficient (Wildman–Crippen LogP) is 1.32. The zero-order valence-electron chi connectivity index (χ0n) is 10.6. The van der Waals surface area contributed by atoms with Crippen molar-refractivity contribution in [1.82, 2.24) is 10.2 Å². The van der Waals surface area contributed by atoms with Crippen LogP contribution in [0.25, 0.3) is 0 Å². The molecule has 1 heterocycles. The van der Waals surface area contributed by atoms with E-state index in [1.54, 1.807) is 6.92 Å². The maximum Gasteiger partial charge on any atom is 0.284 e. The summed E-state index contributed by atoms with van der Waals surface area (Å²) in [6.07, 6.45) is 0. The van der Waals surface area contributed by atoms with Crippen molar-refractivity contribution in [3.05, 3.63) is 38.3 Å². The summed E-state index contributed by atoms with van der Waals surface area (Å²) in [5.74, 6) is -0.612. The summed E-state index contributed by atoms with van der Waals surface area (Å²) in [7, 11) is 0. The Morgan fingerprint density at radius 1 is 1.55 bits per heavy atom. The fourth-order valence-electron chi connectivity index (χ4n) is 2.01. The Morgan fingerprint density at radius 2 is 2.25 bits per heavy atom. The summed E-state index contributed by atoms with van der Waals surface area (Å²) in [6.45, 7) is 2.39. The fourth-order valence-corrected chi connectivity index (χ4v) is 2.40. The Labute approximate surface area is 123 Å². The van der Waals surface area contributed by atoms with E-state index in [-0.39, 0.29) is 23.1 Å². The molecule has 0 radical (unpaired) electrons. The van der Waals surface area contributed by atoms with Gasteiger partial charge in [0, 0.05) is 24.7 Å². The lowest BCUT2D eigenvalue weighted by molar-refractivity contribution is -0.385. The van der Waals surface area contributed by atoms with Gasteiger partial charge in [-0.3, -0.25) is 19.7 Å². The van der Waals surface area contributed by atoms with Gasteiger partial charge in [0.2, 0.25) is 5.91 Å². The molecule has 0 aromatic heterocycles. The van der Waals surface area contributed by atoms with Gasteiger partial charge in [-0.05, 0) is 35.0 Å². The molecule has 2 rings (SSSR count). The minimum absolute atomic E-state index is 0.176. The largest absolute Gasteiger partial charge is 0.353 e. The van der Waals surface area contributed by atoms with E-state index in [9.17, 15) is 19.7 Å². The van der Waals surface area contributed by atoms with E-state index >= 15 is 0 Å². The van der Waals surface area contributed by atoms with Crippen LogP contribution in [0.2, 0.25) is 0 Å². The van der Waals surface area contributed by atoms with Gasteiger partial charge in [0.05, 0.1) is 9.40 Å². The second-order valence-electron chi connectivity index (χ2n) is 4.39. The lowest BCUT2D eigenvalue weighted by Crippen LogP contribution is -2.55. The SMILES string of the molecule is CC1C(=O)NCCN1C(=O)c1ccc(Br)c([N+](=O)[O-])c1. The number of benzene rings is 1. The summed E-state index contributed by atoms with van der Waals surface area (Å²) in [4.78, 5) is 35.6. The highest BCUT2D eigenvalue weighted by molar-refractivity contribution is 9.10. The fraction of sp³-hybridized carbons (Fsp3) is 0.333. The number of amides is 2. The van der Waals surface area contributed by atoms with E-state index in [0.29, 0.717) is 17.6 Å². The number of halogens is 1. The number of piperazine rings is 1. The molecule has 1 fully saturated rings. The molecule has 0 spiro atoms. The van der Waals surface area contributed by atoms with Gasteiger partial charge in [-0.2, -0.15) is 0 Å². The Hall–Kier alpha value is -1.96. The monoisotopic (exact) mass is 341 g/mol. The second kappa shape index (κ2) is 5.58. The van der Waals surface area contributed by atoms with Gasteiger partial charge in [0.25, 0.3) is 11.6 Å². The van der Waals surface area contributed by atoms with Crippen molar-refractivity contribution < 1.29 is 14.5 Å². The van der Waals surface area contributed by atoms with Crippen LogP contribution in [0.1, 0.15) is 17.3 Å². The molecule has 0 bridgehead atoms. The number of nitro benzene ring substituents is 1. The molecule has 1 saturated heterocycles. The Balaban J connectivity index is 2.31. The molecule has 7 nitrogen and oxygen atoms in total. The van der Waals surface area contributed by atoms with E-state index in [0.717, 1.165) is 0 Å². The molecule has 0 saturated carbocycles. The lowest BCUT2D eigenvalue weighted by atomic mass is 10.1. The molecule has 0 aliphatic carbocycles. The number of nitro groups is 1. The topological polar surface area (TPSA) is 92.6 Å². The molecule has 1 aromatic carbocycles. The third-order valence-electron chi connectivity index (χ3n) is 3.15. The van der Waals surface area contributed by atoms with Gasteiger partial charge >= 0.3 is 0 Å². The minimum Gasteiger partial charge on any atom is -0.353 e. The van der Waals surface area contributed by atoms with E-state index in [1.165, 1.54) is 23.1 Å². The van der Waals surface area contributed by atoms with Gasteiger partial charge in [0.15, 0.2) is 0 Å². The molecule has 1 aliphatic heterocycles. The first-order valence-electron chi connectivity index (χ1n) is 5.94. The third-order valence-corrected chi connectivity index (χ3v) is 3.82. The van der Waals surface area contributed by atoms with Crippen LogP contribution in [0, 0.1) is 10.1 Å². The number of nitrogens with one attached hydrogen (secondary N) is 1. The van der Waals surface area contributed by atoms with Crippen LogP contribution in [0.3, 0.4) is 0 Å². The molecular weight excluding hydrogens is 330 g/mol. The second-order valence-corrected chi connectivity index (χ2v) is 5.24. The first-order valence-corrected chi connectivity index (χ1v) is 6.73. The number of hydrogen-bond acceptors (Lipinski definition) is 4. The number of hydrogen-bond donors (Lipinski definition) is 1. The van der Waals surface area contributed by atoms with Crippen LogP contribution >= 0.6 is 15.9 Å². The highest BCUT2D eigenvalue weighted by atomic mass is 79.9. The standard InChI is InChI=1S/C12H12BrN3O4/c1-7-11(17)14-4-5-15(7)12(18)8-2-3-9(13)10(6-8)16(19)20/h2-3,6-7H,4-5H2,1H3,(H,14,17). The first-order chi connectivity index (χ1) is 9.41. The average Bonchev–Trinajstić information content (AvgIpc) is 2.41. The summed E-state index contributed by atoms with van der Waals surface area (Å²) >= 11 is 3.07. The van der Waals surface area contributed by atoms with Crippen LogP contribution in [-0.2, 0) is 4.79 Å². The maximum absolute atomic E-state index is 12.3. The molecule has 2 amide bonds. The molecule has 1 unspecified atom stereocenters. The van der Waals surface area contributed by atoms with Gasteiger partial charge in [-0.15, -0.1) is 0 Å². The minimum atomic E-state index is -0.584. The van der Waals surface area contributed by atoms with Crippen LogP contribution in [0.4, 0.5) is 5.69 Å². The predicted molar refractivity (Wildman–Crippen MR) is 74.3 cm³/mol. The van der Waals surface area contributed by atoms with Crippen molar-refractivity contribution in [2.75, 3.05) is 13.1 Å². The molecule has 1 aromatic rings. The van der Waals surface area contributed by atoms with Crippen molar-refractivity contribution in [2.45, 2.75) is 13.0 Å². The van der Waals surface area contributed by atoms with Crippen LogP contribution in [0.15, 0.2) is 22.7 Å². The summed E-state index contributed by atoms with van der Waals surface area (Å²) in [5.41, 5.74) is 0.0198. The zero-order chi connectivity index (χ0) is 14.9. The van der Waals surface area contributed by atoms with Crippen LogP contribution in [-0.4, -0.2) is 40.8 Å². The Bertz CT molecular complexity index is 590. The van der Waals surface area contributed by atoms with E-state index in [2.05, 4.69) is 21.2 Å². The highest BCUT2D eigenvalue weighted by Gasteiger charge is 2.30. The third kappa shape index (κ3) is 2.64. The highest BCUT2D eigenvalue weighted by Crippen LogP contribution is 2.26. The smallest absolute Gasteiger partial charge is 0.284 e. The van der Waals surface area contributed by atoms with Gasteiger partial charge in [0.1, 0.15) is 6.04 Å². The molecule has 20 heavy (non-hydrogen) atoms. The zero-order valence-corrected chi connectivity index (χ0v) is 12.2. The number of nitrogens with zero attached hydrogens (tertiary/aromatic N) is 2. The molecule has 106 valence electrons. The van der Waals surface area contributed by atoms with Crippen molar-refractivity contribution in [1.29, 1.82) is 0 Å². The van der Waals surface area contributed by atoms with Gasteiger partial charge < -0.3 is 10.2 Å². The lowest BCUT2D eigenvalue weighted by Gasteiger charge is -2.32. The van der Waals surface area contributed by atoms with Gasteiger partial charge in [-0.1, -0.05) is 0 Å². The number of carbonyl (C=O) groups excluding carboxylic acids is 2. The number of carbonyl (C=O) groups is 2. The molecular formula is C12H12BrN3O4. The van der Waals surface area contributed by atoms with E-state index < -0.39 is 11.0 Å². The van der Waals surface area contributed by atoms with Crippen molar-refractivity contribution >= 4 is 33.4 Å². The molecule has 1 N–H and O–H groups in total. The summed E-state index contributed by atoms with van der Waals surface area (Å²) in [6, 6.07) is 3.59. The Kier molecular flexibility index (Phi) is 4.03. The quantitative estimate of drug-likeness (QED) is 0.648. The van der Waals surface area contributed by atoms with E-state index in [1.807, 2.05) is 0 Å². The van der Waals surface area contributed by atoms with Crippen molar-refractivity contribution in [3.8, 4) is 0 Å². The molecule has 1 aliphatic rings. The normalized spacial score (nSPS) is 18.6.